The molecular weight excluding hydrogens is 853 g/mol. The van der Waals surface area contributed by atoms with Gasteiger partial charge in [-0.15, -0.1) is 0 Å². The summed E-state index contributed by atoms with van der Waals surface area (Å²) in [4.78, 5) is 38.1. The molecular formula is C63H102O6. The van der Waals surface area contributed by atoms with Crippen LogP contribution in [0.3, 0.4) is 0 Å². The van der Waals surface area contributed by atoms with Gasteiger partial charge in [-0.2, -0.15) is 0 Å². The van der Waals surface area contributed by atoms with Crippen molar-refractivity contribution in [2.75, 3.05) is 13.2 Å². The van der Waals surface area contributed by atoms with Crippen molar-refractivity contribution in [2.24, 2.45) is 0 Å². The van der Waals surface area contributed by atoms with Crippen LogP contribution in [-0.2, 0) is 28.6 Å². The number of hydrogen-bond acceptors (Lipinski definition) is 6. The van der Waals surface area contributed by atoms with Crippen molar-refractivity contribution in [2.45, 2.75) is 245 Å². The molecule has 0 radical (unpaired) electrons. The summed E-state index contributed by atoms with van der Waals surface area (Å²) in [5.74, 6) is -1.02. The maximum Gasteiger partial charge on any atom is 0.306 e. The summed E-state index contributed by atoms with van der Waals surface area (Å²) in [6.45, 7) is 6.31. The summed E-state index contributed by atoms with van der Waals surface area (Å²) >= 11 is 0. The molecule has 6 nitrogen and oxygen atoms in total. The highest BCUT2D eigenvalue weighted by Gasteiger charge is 2.19. The van der Waals surface area contributed by atoms with Crippen molar-refractivity contribution < 1.29 is 28.6 Å². The fourth-order valence-corrected chi connectivity index (χ4v) is 7.30. The molecule has 1 atom stereocenters. The van der Waals surface area contributed by atoms with Gasteiger partial charge in [-0.05, 0) is 116 Å². The lowest BCUT2D eigenvalue weighted by Gasteiger charge is -2.18. The molecule has 0 aromatic heterocycles. The number of allylic oxidation sites excluding steroid dienone is 20. The molecule has 390 valence electrons. The second-order valence-corrected chi connectivity index (χ2v) is 18.1. The third-order valence-corrected chi connectivity index (χ3v) is 11.4. The molecule has 0 N–H and O–H groups in total. The number of unbranched alkanes of at least 4 members (excludes halogenated alkanes) is 18. The molecule has 0 amide bonds. The Bertz CT molecular complexity index is 1470. The van der Waals surface area contributed by atoms with Gasteiger partial charge < -0.3 is 14.2 Å². The third-order valence-electron chi connectivity index (χ3n) is 11.4. The van der Waals surface area contributed by atoms with Gasteiger partial charge in [0.2, 0.25) is 0 Å². The molecule has 0 saturated heterocycles. The fraction of sp³-hybridized carbons (Fsp3) is 0.635. The second kappa shape index (κ2) is 56.4. The molecule has 0 spiro atoms. The first-order valence-corrected chi connectivity index (χ1v) is 28.0. The van der Waals surface area contributed by atoms with Crippen LogP contribution in [0.1, 0.15) is 239 Å². The summed E-state index contributed by atoms with van der Waals surface area (Å²) < 4.78 is 16.8. The first-order valence-electron chi connectivity index (χ1n) is 28.0. The molecule has 69 heavy (non-hydrogen) atoms. The Morgan fingerprint density at radius 2 is 0.594 bits per heavy atom. The minimum absolute atomic E-state index is 0.114. The summed E-state index contributed by atoms with van der Waals surface area (Å²) in [5.41, 5.74) is 0. The summed E-state index contributed by atoms with van der Waals surface area (Å²) in [5, 5.41) is 0. The maximum absolute atomic E-state index is 12.8. The largest absolute Gasteiger partial charge is 0.462 e. The first kappa shape index (κ1) is 64.8. The van der Waals surface area contributed by atoms with Crippen molar-refractivity contribution in [3.63, 3.8) is 0 Å². The summed E-state index contributed by atoms with van der Waals surface area (Å²) in [6.07, 6.45) is 77.7. The SMILES string of the molecule is CC/C=C\C/C=C\C/C=C\C/C=C\CCC(=O)OCC(COC(=O)CCCCCCCC/C=C\C/C=C\C/C=C\CCCCCCC)OC(=O)CCCCCCCCC/C=C\C/C=C\C/C=C\CC. The zero-order valence-electron chi connectivity index (χ0n) is 44.5. The van der Waals surface area contributed by atoms with Crippen LogP contribution in [0.5, 0.6) is 0 Å². The van der Waals surface area contributed by atoms with E-state index in [1.165, 1.54) is 70.6 Å². The zero-order chi connectivity index (χ0) is 50.0. The second-order valence-electron chi connectivity index (χ2n) is 18.1. The van der Waals surface area contributed by atoms with Crippen LogP contribution in [0.25, 0.3) is 0 Å². The van der Waals surface area contributed by atoms with Crippen LogP contribution in [0.4, 0.5) is 0 Å². The first-order chi connectivity index (χ1) is 34.0. The van der Waals surface area contributed by atoms with Gasteiger partial charge in [-0.25, -0.2) is 0 Å². The van der Waals surface area contributed by atoms with Crippen molar-refractivity contribution in [1.82, 2.24) is 0 Å². The van der Waals surface area contributed by atoms with Gasteiger partial charge in [0.25, 0.3) is 0 Å². The Morgan fingerprint density at radius 1 is 0.304 bits per heavy atom. The molecule has 0 saturated carbocycles. The quantitative estimate of drug-likeness (QED) is 0.0262. The lowest BCUT2D eigenvalue weighted by atomic mass is 10.1. The van der Waals surface area contributed by atoms with Gasteiger partial charge in [0.05, 0.1) is 0 Å². The number of esters is 3. The Hall–Kier alpha value is -4.19. The molecule has 0 aliphatic rings. The normalized spacial score (nSPS) is 13.0. The van der Waals surface area contributed by atoms with Crippen molar-refractivity contribution >= 4 is 17.9 Å². The number of rotatable bonds is 49. The van der Waals surface area contributed by atoms with Gasteiger partial charge in [-0.3, -0.25) is 14.4 Å². The third kappa shape index (κ3) is 54.6. The minimum Gasteiger partial charge on any atom is -0.462 e. The van der Waals surface area contributed by atoms with Crippen LogP contribution in [0.15, 0.2) is 122 Å². The Labute approximate surface area is 424 Å². The predicted molar refractivity (Wildman–Crippen MR) is 297 cm³/mol. The van der Waals surface area contributed by atoms with E-state index in [-0.39, 0.29) is 37.5 Å². The smallest absolute Gasteiger partial charge is 0.306 e. The van der Waals surface area contributed by atoms with E-state index in [2.05, 4.69) is 130 Å². The average molecular weight is 956 g/mol. The van der Waals surface area contributed by atoms with E-state index in [0.29, 0.717) is 19.3 Å². The highest BCUT2D eigenvalue weighted by molar-refractivity contribution is 5.71. The molecule has 0 bridgehead atoms. The molecule has 0 fully saturated rings. The fourth-order valence-electron chi connectivity index (χ4n) is 7.30. The van der Waals surface area contributed by atoms with Crippen molar-refractivity contribution in [3.05, 3.63) is 122 Å². The molecule has 0 aliphatic carbocycles. The van der Waals surface area contributed by atoms with Crippen molar-refractivity contribution in [1.29, 1.82) is 0 Å². The average Bonchev–Trinajstić information content (AvgIpc) is 3.35. The highest BCUT2D eigenvalue weighted by Crippen LogP contribution is 2.13. The summed E-state index contributed by atoms with van der Waals surface area (Å²) in [6, 6.07) is 0. The number of ether oxygens (including phenoxy) is 3. The van der Waals surface area contributed by atoms with Crippen LogP contribution >= 0.6 is 0 Å². The molecule has 0 aliphatic heterocycles. The Morgan fingerprint density at radius 3 is 0.971 bits per heavy atom. The topological polar surface area (TPSA) is 78.9 Å². The number of hydrogen-bond donors (Lipinski definition) is 0. The van der Waals surface area contributed by atoms with Crippen molar-refractivity contribution in [3.8, 4) is 0 Å². The van der Waals surface area contributed by atoms with Gasteiger partial charge in [0.15, 0.2) is 6.10 Å². The van der Waals surface area contributed by atoms with Gasteiger partial charge >= 0.3 is 17.9 Å². The summed E-state index contributed by atoms with van der Waals surface area (Å²) in [7, 11) is 0. The van der Waals surface area contributed by atoms with Crippen LogP contribution in [-0.4, -0.2) is 37.2 Å². The molecule has 0 heterocycles. The van der Waals surface area contributed by atoms with Crippen LogP contribution < -0.4 is 0 Å². The molecule has 6 heteroatoms. The minimum atomic E-state index is -0.822. The van der Waals surface area contributed by atoms with E-state index >= 15 is 0 Å². The Kier molecular flexibility index (Phi) is 53.0. The standard InChI is InChI=1S/C63H102O6/c1-4-7-10-13-16-19-22-25-27-29-30-31-32-34-35-38-41-44-47-50-53-56-62(65)68-59-60(58-67-61(64)55-52-49-46-43-40-37-24-21-18-15-12-9-6-3)69-63(66)57-54-51-48-45-42-39-36-33-28-26-23-20-17-14-11-8-5-2/h8-9,11-12,17-18,20-22,25-26,28-30,32,34,37,40,46,49,60H,4-7,10,13-16,19,23-24,27,31,33,35-36,38-39,41-45,47-48,50-59H2,1-3H3/b11-8-,12-9-,20-17-,21-18-,25-22-,28-26-,30-29-,34-32-,40-37-,49-46-. The maximum atomic E-state index is 12.8. The van der Waals surface area contributed by atoms with Gasteiger partial charge in [-0.1, -0.05) is 226 Å². The number of carbonyl (C=O) groups is 3. The Balaban J connectivity index is 4.48. The van der Waals surface area contributed by atoms with Gasteiger partial charge in [0.1, 0.15) is 13.2 Å². The molecule has 0 aromatic carbocycles. The zero-order valence-corrected chi connectivity index (χ0v) is 44.5. The van der Waals surface area contributed by atoms with E-state index < -0.39 is 6.10 Å². The van der Waals surface area contributed by atoms with E-state index in [1.54, 1.807) is 0 Å². The lowest BCUT2D eigenvalue weighted by molar-refractivity contribution is -0.166. The molecule has 0 rings (SSSR count). The van der Waals surface area contributed by atoms with Gasteiger partial charge in [0, 0.05) is 19.3 Å². The van der Waals surface area contributed by atoms with E-state index in [0.717, 1.165) is 122 Å². The highest BCUT2D eigenvalue weighted by atomic mass is 16.6. The predicted octanol–water partition coefficient (Wildman–Crippen LogP) is 18.9. The van der Waals surface area contributed by atoms with Crippen LogP contribution in [0, 0.1) is 0 Å². The molecule has 0 aromatic rings. The van der Waals surface area contributed by atoms with Crippen LogP contribution in [0.2, 0.25) is 0 Å². The monoisotopic (exact) mass is 955 g/mol. The lowest BCUT2D eigenvalue weighted by Crippen LogP contribution is -2.30. The van der Waals surface area contributed by atoms with E-state index in [4.69, 9.17) is 14.2 Å². The van der Waals surface area contributed by atoms with E-state index in [9.17, 15) is 14.4 Å². The van der Waals surface area contributed by atoms with E-state index in [1.807, 2.05) is 12.2 Å². The molecule has 1 unspecified atom stereocenters. The number of carbonyl (C=O) groups excluding carboxylic acids is 3.